The molecule has 1 aromatic heterocycles. The number of amides is 1. The Kier molecular flexibility index (Phi) is 6.37. The number of anilines is 1. The Morgan fingerprint density at radius 1 is 1.09 bits per heavy atom. The van der Waals surface area contributed by atoms with E-state index in [0.29, 0.717) is 40.2 Å². The maximum absolute atomic E-state index is 13.5. The van der Waals surface area contributed by atoms with Crippen LogP contribution in [0.2, 0.25) is 0 Å². The van der Waals surface area contributed by atoms with Gasteiger partial charge in [0, 0.05) is 17.7 Å². The molecule has 4 aromatic rings. The van der Waals surface area contributed by atoms with Crippen molar-refractivity contribution in [3.05, 3.63) is 89.2 Å². The summed E-state index contributed by atoms with van der Waals surface area (Å²) in [5.41, 5.74) is 4.35. The molecule has 0 saturated heterocycles. The van der Waals surface area contributed by atoms with Crippen molar-refractivity contribution < 1.29 is 18.7 Å². The molecular formula is C27H22FN3O3S. The van der Waals surface area contributed by atoms with Gasteiger partial charge in [0.1, 0.15) is 22.3 Å². The molecule has 8 heteroatoms. The minimum Gasteiger partial charge on any atom is -0.497 e. The number of thioether (sulfide) groups is 1. The highest BCUT2D eigenvalue weighted by atomic mass is 32.2. The molecule has 1 amide bonds. The minimum absolute atomic E-state index is 0.152. The van der Waals surface area contributed by atoms with Crippen molar-refractivity contribution in [1.29, 1.82) is 0 Å². The smallest absolute Gasteiger partial charge is 0.234 e. The molecule has 5 rings (SSSR count). The van der Waals surface area contributed by atoms with Gasteiger partial charge < -0.3 is 14.8 Å². The molecule has 0 bridgehead atoms. The molecule has 0 radical (unpaired) electrons. The Morgan fingerprint density at radius 2 is 1.86 bits per heavy atom. The average molecular weight is 488 g/mol. The van der Waals surface area contributed by atoms with Crippen molar-refractivity contribution in [3.63, 3.8) is 0 Å². The molecule has 1 N–H and O–H groups in total. The fourth-order valence-corrected chi connectivity index (χ4v) is 4.60. The zero-order chi connectivity index (χ0) is 24.4. The third-order valence-corrected chi connectivity index (χ3v) is 6.55. The Hall–Kier alpha value is -3.91. The number of carbonyl (C=O) groups excluding carboxylic acids is 1. The molecule has 0 spiro atoms. The first-order valence-corrected chi connectivity index (χ1v) is 12.0. The number of fused-ring (bicyclic) bond motifs is 2. The highest BCUT2D eigenvalue weighted by molar-refractivity contribution is 8.00. The van der Waals surface area contributed by atoms with Crippen molar-refractivity contribution >= 4 is 23.4 Å². The van der Waals surface area contributed by atoms with E-state index in [4.69, 9.17) is 14.5 Å². The summed E-state index contributed by atoms with van der Waals surface area (Å²) in [5, 5.41) is 3.55. The van der Waals surface area contributed by atoms with E-state index in [1.165, 1.54) is 23.9 Å². The Labute approximate surface area is 206 Å². The van der Waals surface area contributed by atoms with Gasteiger partial charge in [0.05, 0.1) is 18.4 Å². The lowest BCUT2D eigenvalue weighted by Crippen LogP contribution is -2.15. The van der Waals surface area contributed by atoms with Gasteiger partial charge in [-0.15, -0.1) is 0 Å². The lowest BCUT2D eigenvalue weighted by Gasteiger charge is -2.22. The van der Waals surface area contributed by atoms with E-state index in [1.54, 1.807) is 43.5 Å². The van der Waals surface area contributed by atoms with E-state index in [2.05, 4.69) is 16.4 Å². The molecule has 1 aliphatic heterocycles. The maximum atomic E-state index is 13.5. The summed E-state index contributed by atoms with van der Waals surface area (Å²) in [4.78, 5) is 22.0. The summed E-state index contributed by atoms with van der Waals surface area (Å²) in [5.74, 6) is 1.99. The lowest BCUT2D eigenvalue weighted by atomic mass is 10.0. The van der Waals surface area contributed by atoms with Gasteiger partial charge in [0.15, 0.2) is 5.82 Å². The van der Waals surface area contributed by atoms with Gasteiger partial charge >= 0.3 is 0 Å². The number of methoxy groups -OCH3 is 1. The fraction of sp³-hybridized carbons (Fsp3) is 0.148. The largest absolute Gasteiger partial charge is 0.497 e. The maximum Gasteiger partial charge on any atom is 0.234 e. The third-order valence-electron chi connectivity index (χ3n) is 5.54. The zero-order valence-corrected chi connectivity index (χ0v) is 20.0. The molecule has 176 valence electrons. The number of aromatic nitrogens is 2. The number of benzene rings is 3. The molecule has 6 nitrogen and oxygen atoms in total. The van der Waals surface area contributed by atoms with E-state index in [1.807, 2.05) is 19.1 Å². The third kappa shape index (κ3) is 5.12. The number of ether oxygens (including phenoxy) is 2. The number of aryl methyl sites for hydroxylation is 1. The first kappa shape index (κ1) is 22.9. The van der Waals surface area contributed by atoms with Crippen molar-refractivity contribution in [2.45, 2.75) is 18.4 Å². The second-order valence-corrected chi connectivity index (χ2v) is 9.06. The van der Waals surface area contributed by atoms with Gasteiger partial charge in [-0.25, -0.2) is 9.37 Å². The molecule has 0 atom stereocenters. The van der Waals surface area contributed by atoms with Crippen LogP contribution in [0.25, 0.3) is 11.4 Å². The van der Waals surface area contributed by atoms with Crippen LogP contribution in [0, 0.1) is 12.7 Å². The summed E-state index contributed by atoms with van der Waals surface area (Å²) in [6.45, 7) is 2.03. The molecule has 1 aliphatic rings. The average Bonchev–Trinajstić information content (AvgIpc) is 2.87. The summed E-state index contributed by atoms with van der Waals surface area (Å²) >= 11 is 1.32. The van der Waals surface area contributed by atoms with Gasteiger partial charge in [-0.05, 0) is 67.1 Å². The Morgan fingerprint density at radius 3 is 2.60 bits per heavy atom. The number of hydrogen-bond donors (Lipinski definition) is 1. The minimum atomic E-state index is -0.336. The van der Waals surface area contributed by atoms with Crippen LogP contribution in [0.4, 0.5) is 10.1 Å². The van der Waals surface area contributed by atoms with Crippen molar-refractivity contribution in [2.24, 2.45) is 0 Å². The molecule has 3 aromatic carbocycles. The van der Waals surface area contributed by atoms with Gasteiger partial charge in [0.2, 0.25) is 11.8 Å². The van der Waals surface area contributed by atoms with Gasteiger partial charge in [-0.2, -0.15) is 4.98 Å². The van der Waals surface area contributed by atoms with Crippen LogP contribution in [0.5, 0.6) is 17.4 Å². The predicted molar refractivity (Wildman–Crippen MR) is 134 cm³/mol. The predicted octanol–water partition coefficient (Wildman–Crippen LogP) is 6.03. The summed E-state index contributed by atoms with van der Waals surface area (Å²) in [6.07, 6.45) is 0.596. The van der Waals surface area contributed by atoms with Crippen molar-refractivity contribution in [1.82, 2.24) is 9.97 Å². The molecule has 0 saturated carbocycles. The monoisotopic (exact) mass is 487 g/mol. The van der Waals surface area contributed by atoms with Crippen LogP contribution < -0.4 is 14.8 Å². The summed E-state index contributed by atoms with van der Waals surface area (Å²) in [7, 11) is 1.59. The fourth-order valence-electron chi connectivity index (χ4n) is 3.77. The molecule has 0 unspecified atom stereocenters. The van der Waals surface area contributed by atoms with Gasteiger partial charge in [0.25, 0.3) is 0 Å². The van der Waals surface area contributed by atoms with E-state index < -0.39 is 0 Å². The van der Waals surface area contributed by atoms with Gasteiger partial charge in [-0.1, -0.05) is 29.5 Å². The van der Waals surface area contributed by atoms with Crippen LogP contribution in [0.3, 0.4) is 0 Å². The molecule has 2 heterocycles. The van der Waals surface area contributed by atoms with E-state index in [0.717, 1.165) is 22.4 Å². The SMILES string of the molecule is COc1ccc(NC(=O)CSc2nc(-c3ccc(F)cc3)nc3c2Cc2cc(C)ccc2O3)cc1. The highest BCUT2D eigenvalue weighted by Gasteiger charge is 2.25. The van der Waals surface area contributed by atoms with Crippen LogP contribution in [-0.4, -0.2) is 28.7 Å². The number of nitrogens with one attached hydrogen (secondary N) is 1. The van der Waals surface area contributed by atoms with Crippen LogP contribution in [0.1, 0.15) is 16.7 Å². The van der Waals surface area contributed by atoms with Crippen LogP contribution in [0.15, 0.2) is 71.8 Å². The lowest BCUT2D eigenvalue weighted by molar-refractivity contribution is -0.113. The van der Waals surface area contributed by atoms with Crippen molar-refractivity contribution in [3.8, 4) is 28.8 Å². The summed E-state index contributed by atoms with van der Waals surface area (Å²) < 4.78 is 24.8. The second-order valence-electron chi connectivity index (χ2n) is 8.10. The standard InChI is InChI=1S/C27H22FN3O3S/c1-16-3-12-23-18(13-16)14-22-26(34-23)30-25(17-4-6-19(28)7-5-17)31-27(22)35-15-24(32)29-20-8-10-21(33-2)11-9-20/h3-13H,14-15H2,1-2H3,(H,29,32). The number of nitrogens with zero attached hydrogens (tertiary/aromatic N) is 2. The van der Waals surface area contributed by atoms with Crippen molar-refractivity contribution in [2.75, 3.05) is 18.2 Å². The molecule has 0 aliphatic carbocycles. The Bertz CT molecular complexity index is 1390. The van der Waals surface area contributed by atoms with E-state index >= 15 is 0 Å². The first-order valence-electron chi connectivity index (χ1n) is 11.0. The molecule has 35 heavy (non-hydrogen) atoms. The number of rotatable bonds is 6. The molecule has 0 fully saturated rings. The van der Waals surface area contributed by atoms with E-state index in [-0.39, 0.29) is 17.5 Å². The molecular weight excluding hydrogens is 465 g/mol. The topological polar surface area (TPSA) is 73.3 Å². The quantitative estimate of drug-likeness (QED) is 0.233. The highest BCUT2D eigenvalue weighted by Crippen LogP contribution is 2.40. The number of halogens is 1. The summed E-state index contributed by atoms with van der Waals surface area (Å²) in [6, 6.07) is 19.1. The zero-order valence-electron chi connectivity index (χ0n) is 19.2. The first-order chi connectivity index (χ1) is 17.0. The van der Waals surface area contributed by atoms with Crippen LogP contribution >= 0.6 is 11.8 Å². The normalized spacial score (nSPS) is 11.7. The van der Waals surface area contributed by atoms with E-state index in [9.17, 15) is 9.18 Å². The second kappa shape index (κ2) is 9.76. The van der Waals surface area contributed by atoms with Gasteiger partial charge in [-0.3, -0.25) is 4.79 Å². The van der Waals surface area contributed by atoms with Crippen LogP contribution in [-0.2, 0) is 11.2 Å². The Balaban J connectivity index is 1.42. The number of carbonyl (C=O) groups is 1. The number of hydrogen-bond acceptors (Lipinski definition) is 6.